The molecule has 1 saturated carbocycles. The lowest BCUT2D eigenvalue weighted by Gasteiger charge is -2.29. The molecule has 1 aliphatic rings. The fourth-order valence-corrected chi connectivity index (χ4v) is 5.41. The number of nitrogens with one attached hydrogen (secondary N) is 2. The summed E-state index contributed by atoms with van der Waals surface area (Å²) in [6.45, 7) is 1.86. The molecule has 0 unspecified atom stereocenters. The second-order valence-electron chi connectivity index (χ2n) is 8.32. The number of rotatable bonds is 6. The molecule has 4 rings (SSSR count). The zero-order valence-electron chi connectivity index (χ0n) is 17.8. The van der Waals surface area contributed by atoms with E-state index in [1.54, 1.807) is 18.2 Å². The number of para-hydroxylation sites is 1. The lowest BCUT2D eigenvalue weighted by atomic mass is 9.85. The molecule has 1 atom stereocenters. The van der Waals surface area contributed by atoms with Gasteiger partial charge in [0.05, 0.1) is 11.6 Å². The third-order valence-corrected chi connectivity index (χ3v) is 7.51. The lowest BCUT2D eigenvalue weighted by Crippen LogP contribution is -2.41. The SMILES string of the molecule is C[C@@H](NC(=O)C1CCC(NS(=O)(=O)c2cnc3ccccc3c2)CC1)c1ccc(F)cc1. The Balaban J connectivity index is 1.32. The fraction of sp³-hybridized carbons (Fsp3) is 0.333. The first-order chi connectivity index (χ1) is 15.3. The van der Waals surface area contributed by atoms with Crippen molar-refractivity contribution in [2.24, 2.45) is 5.92 Å². The van der Waals surface area contributed by atoms with E-state index in [0.29, 0.717) is 25.7 Å². The third kappa shape index (κ3) is 5.14. The van der Waals surface area contributed by atoms with E-state index in [-0.39, 0.29) is 34.6 Å². The third-order valence-electron chi connectivity index (χ3n) is 6.02. The zero-order valence-corrected chi connectivity index (χ0v) is 18.6. The molecule has 0 aliphatic heterocycles. The van der Waals surface area contributed by atoms with Crippen LogP contribution in [0, 0.1) is 11.7 Å². The normalized spacial score (nSPS) is 20.1. The van der Waals surface area contributed by atoms with Gasteiger partial charge in [0.1, 0.15) is 10.7 Å². The number of fused-ring (bicyclic) bond motifs is 1. The number of carbonyl (C=O) groups excluding carboxylic acids is 1. The number of amides is 1. The topological polar surface area (TPSA) is 88.2 Å². The van der Waals surface area contributed by atoms with Crippen molar-refractivity contribution in [3.8, 4) is 0 Å². The minimum Gasteiger partial charge on any atom is -0.349 e. The summed E-state index contributed by atoms with van der Waals surface area (Å²) in [4.78, 5) is 17.0. The van der Waals surface area contributed by atoms with E-state index in [1.807, 2.05) is 31.2 Å². The Hall–Kier alpha value is -2.84. The Kier molecular flexibility index (Phi) is 6.53. The van der Waals surface area contributed by atoms with Crippen molar-refractivity contribution < 1.29 is 17.6 Å². The summed E-state index contributed by atoms with van der Waals surface area (Å²) in [5.74, 6) is -0.532. The van der Waals surface area contributed by atoms with Gasteiger partial charge in [0.2, 0.25) is 15.9 Å². The first-order valence-corrected chi connectivity index (χ1v) is 12.2. The highest BCUT2D eigenvalue weighted by Gasteiger charge is 2.30. The summed E-state index contributed by atoms with van der Waals surface area (Å²) in [6, 6.07) is 14.6. The summed E-state index contributed by atoms with van der Waals surface area (Å²) in [5.41, 5.74) is 1.58. The molecule has 2 aromatic carbocycles. The smallest absolute Gasteiger partial charge is 0.242 e. The van der Waals surface area contributed by atoms with Crippen molar-refractivity contribution in [3.63, 3.8) is 0 Å². The van der Waals surface area contributed by atoms with Gasteiger partial charge in [-0.3, -0.25) is 9.78 Å². The molecular weight excluding hydrogens is 429 g/mol. The molecule has 1 fully saturated rings. The Morgan fingerprint density at radius 2 is 1.75 bits per heavy atom. The average Bonchev–Trinajstić information content (AvgIpc) is 2.79. The Labute approximate surface area is 187 Å². The van der Waals surface area contributed by atoms with E-state index < -0.39 is 10.0 Å². The molecule has 2 N–H and O–H groups in total. The van der Waals surface area contributed by atoms with Crippen LogP contribution in [0.4, 0.5) is 4.39 Å². The molecule has 0 spiro atoms. The van der Waals surface area contributed by atoms with Crippen LogP contribution in [0.2, 0.25) is 0 Å². The lowest BCUT2D eigenvalue weighted by molar-refractivity contribution is -0.126. The minimum absolute atomic E-state index is 0.0538. The first-order valence-electron chi connectivity index (χ1n) is 10.7. The monoisotopic (exact) mass is 455 g/mol. The van der Waals surface area contributed by atoms with Crippen LogP contribution in [0.1, 0.15) is 44.2 Å². The average molecular weight is 456 g/mol. The number of hydrogen-bond acceptors (Lipinski definition) is 4. The van der Waals surface area contributed by atoms with Crippen molar-refractivity contribution in [1.82, 2.24) is 15.0 Å². The standard InChI is InChI=1S/C24H26FN3O3S/c1-16(17-6-10-20(25)11-7-17)27-24(29)18-8-12-21(13-9-18)28-32(30,31)22-14-19-4-2-3-5-23(19)26-15-22/h2-7,10-11,14-16,18,21,28H,8-9,12-13H2,1H3,(H,27,29)/t16-,18?,21?/m1/s1. The van der Waals surface area contributed by atoms with E-state index in [1.165, 1.54) is 18.3 Å². The number of aromatic nitrogens is 1. The van der Waals surface area contributed by atoms with Gasteiger partial charge in [0.15, 0.2) is 0 Å². The van der Waals surface area contributed by atoms with Gasteiger partial charge in [-0.1, -0.05) is 30.3 Å². The Morgan fingerprint density at radius 3 is 2.47 bits per heavy atom. The summed E-state index contributed by atoms with van der Waals surface area (Å²) in [7, 11) is -3.69. The highest BCUT2D eigenvalue weighted by molar-refractivity contribution is 7.89. The van der Waals surface area contributed by atoms with Crippen LogP contribution in [-0.4, -0.2) is 25.4 Å². The number of sulfonamides is 1. The van der Waals surface area contributed by atoms with Gasteiger partial charge in [0, 0.05) is 23.5 Å². The van der Waals surface area contributed by atoms with Crippen LogP contribution in [0.25, 0.3) is 10.9 Å². The number of pyridine rings is 1. The molecule has 1 aliphatic carbocycles. The number of nitrogens with zero attached hydrogens (tertiary/aromatic N) is 1. The predicted molar refractivity (Wildman–Crippen MR) is 121 cm³/mol. The van der Waals surface area contributed by atoms with E-state index in [0.717, 1.165) is 16.5 Å². The van der Waals surface area contributed by atoms with Crippen LogP contribution < -0.4 is 10.0 Å². The molecule has 168 valence electrons. The van der Waals surface area contributed by atoms with Crippen LogP contribution >= 0.6 is 0 Å². The minimum atomic E-state index is -3.69. The largest absolute Gasteiger partial charge is 0.349 e. The Morgan fingerprint density at radius 1 is 1.06 bits per heavy atom. The van der Waals surface area contributed by atoms with E-state index >= 15 is 0 Å². The van der Waals surface area contributed by atoms with E-state index in [4.69, 9.17) is 0 Å². The zero-order chi connectivity index (χ0) is 22.7. The van der Waals surface area contributed by atoms with Crippen molar-refractivity contribution in [2.45, 2.75) is 49.6 Å². The molecule has 3 aromatic rings. The second kappa shape index (κ2) is 9.34. The van der Waals surface area contributed by atoms with Crippen LogP contribution in [0.5, 0.6) is 0 Å². The van der Waals surface area contributed by atoms with Gasteiger partial charge in [-0.2, -0.15) is 0 Å². The quantitative estimate of drug-likeness (QED) is 0.586. The van der Waals surface area contributed by atoms with Gasteiger partial charge in [-0.15, -0.1) is 0 Å². The van der Waals surface area contributed by atoms with Crippen molar-refractivity contribution >= 4 is 26.8 Å². The highest BCUT2D eigenvalue weighted by Crippen LogP contribution is 2.27. The van der Waals surface area contributed by atoms with E-state index in [9.17, 15) is 17.6 Å². The molecule has 0 radical (unpaired) electrons. The molecule has 8 heteroatoms. The maximum absolute atomic E-state index is 13.1. The maximum atomic E-state index is 13.1. The summed E-state index contributed by atoms with van der Waals surface area (Å²) < 4.78 is 41.5. The first kappa shape index (κ1) is 22.4. The maximum Gasteiger partial charge on any atom is 0.242 e. The van der Waals surface area contributed by atoms with Crippen LogP contribution in [0.3, 0.4) is 0 Å². The molecular formula is C24H26FN3O3S. The molecule has 1 heterocycles. The van der Waals surface area contributed by atoms with Gasteiger partial charge in [-0.05, 0) is 62.4 Å². The summed E-state index contributed by atoms with van der Waals surface area (Å²) >= 11 is 0. The van der Waals surface area contributed by atoms with Gasteiger partial charge in [0.25, 0.3) is 0 Å². The number of halogens is 1. The molecule has 0 saturated heterocycles. The van der Waals surface area contributed by atoms with Gasteiger partial charge >= 0.3 is 0 Å². The van der Waals surface area contributed by atoms with Crippen molar-refractivity contribution in [3.05, 3.63) is 72.2 Å². The van der Waals surface area contributed by atoms with Crippen molar-refractivity contribution in [1.29, 1.82) is 0 Å². The number of hydrogen-bond donors (Lipinski definition) is 2. The molecule has 1 amide bonds. The Bertz CT molecular complexity index is 1210. The van der Waals surface area contributed by atoms with Crippen LogP contribution in [0.15, 0.2) is 65.7 Å². The van der Waals surface area contributed by atoms with Crippen molar-refractivity contribution in [2.75, 3.05) is 0 Å². The van der Waals surface area contributed by atoms with Gasteiger partial charge in [-0.25, -0.2) is 17.5 Å². The summed E-state index contributed by atoms with van der Waals surface area (Å²) in [6.07, 6.45) is 3.75. The fourth-order valence-electron chi connectivity index (χ4n) is 4.12. The molecule has 1 aromatic heterocycles. The molecule has 6 nitrogen and oxygen atoms in total. The number of carbonyl (C=O) groups is 1. The number of benzene rings is 2. The molecule has 0 bridgehead atoms. The molecule has 32 heavy (non-hydrogen) atoms. The van der Waals surface area contributed by atoms with Gasteiger partial charge < -0.3 is 5.32 Å². The summed E-state index contributed by atoms with van der Waals surface area (Å²) in [5, 5.41) is 3.75. The second-order valence-corrected chi connectivity index (χ2v) is 10.0. The predicted octanol–water partition coefficient (Wildman–Crippen LogP) is 4.09. The highest BCUT2D eigenvalue weighted by atomic mass is 32.2. The van der Waals surface area contributed by atoms with Crippen LogP contribution in [-0.2, 0) is 14.8 Å². The van der Waals surface area contributed by atoms with E-state index in [2.05, 4.69) is 15.0 Å².